The normalized spacial score (nSPS) is 14.0. The highest BCUT2D eigenvalue weighted by Gasteiger charge is 2.31. The summed E-state index contributed by atoms with van der Waals surface area (Å²) < 4.78 is 69.0. The molecule has 6 atom stereocenters. The number of aliphatic hydroxyl groups excluding tert-OH is 1. The number of carbonyl (C=O) groups excluding carboxylic acids is 4. The van der Waals surface area contributed by atoms with E-state index in [1.54, 1.807) is 0 Å². The van der Waals surface area contributed by atoms with Crippen LogP contribution in [0.5, 0.6) is 0 Å². The molecular formula is C88H172O17P2. The molecule has 0 aromatic carbocycles. The van der Waals surface area contributed by atoms with Crippen molar-refractivity contribution in [3.8, 4) is 0 Å². The van der Waals surface area contributed by atoms with E-state index in [-0.39, 0.29) is 25.7 Å². The monoisotopic (exact) mass is 1560 g/mol. The van der Waals surface area contributed by atoms with E-state index in [2.05, 4.69) is 41.5 Å². The summed E-state index contributed by atoms with van der Waals surface area (Å²) in [6, 6.07) is 0. The van der Waals surface area contributed by atoms with Gasteiger partial charge < -0.3 is 33.8 Å². The van der Waals surface area contributed by atoms with E-state index >= 15 is 0 Å². The Morgan fingerprint density at radius 3 is 0.710 bits per heavy atom. The maximum absolute atomic E-state index is 13.2. The number of ether oxygens (including phenoxy) is 4. The Morgan fingerprint density at radius 1 is 0.271 bits per heavy atom. The van der Waals surface area contributed by atoms with Crippen molar-refractivity contribution in [2.75, 3.05) is 39.6 Å². The first-order chi connectivity index (χ1) is 51.9. The molecule has 19 heteroatoms. The minimum Gasteiger partial charge on any atom is -0.462 e. The van der Waals surface area contributed by atoms with Gasteiger partial charge in [0.25, 0.3) is 0 Å². The molecule has 0 radical (unpaired) electrons. The molecule has 0 saturated carbocycles. The first-order valence-electron chi connectivity index (χ1n) is 45.5. The van der Waals surface area contributed by atoms with E-state index in [4.69, 9.17) is 37.0 Å². The molecule has 0 heterocycles. The summed E-state index contributed by atoms with van der Waals surface area (Å²) in [6.07, 6.45) is 72.3. The third-order valence-electron chi connectivity index (χ3n) is 21.1. The van der Waals surface area contributed by atoms with Crippen molar-refractivity contribution in [2.45, 2.75) is 490 Å². The van der Waals surface area contributed by atoms with E-state index in [9.17, 15) is 43.2 Å². The lowest BCUT2D eigenvalue weighted by atomic mass is 10.00. The van der Waals surface area contributed by atoms with Crippen molar-refractivity contribution in [3.05, 3.63) is 0 Å². The number of aliphatic hydroxyl groups is 1. The van der Waals surface area contributed by atoms with Crippen LogP contribution in [0.3, 0.4) is 0 Å². The number of phosphoric ester groups is 2. The van der Waals surface area contributed by atoms with E-state index in [1.165, 1.54) is 283 Å². The second-order valence-corrected chi connectivity index (χ2v) is 35.3. The average molecular weight is 1560 g/mol. The molecular weight excluding hydrogens is 1390 g/mol. The lowest BCUT2D eigenvalue weighted by Gasteiger charge is -2.21. The topological polar surface area (TPSA) is 237 Å². The van der Waals surface area contributed by atoms with Crippen LogP contribution in [0, 0.1) is 11.8 Å². The zero-order valence-corrected chi connectivity index (χ0v) is 72.2. The molecule has 0 saturated heterocycles. The van der Waals surface area contributed by atoms with Gasteiger partial charge in [0.05, 0.1) is 26.4 Å². The van der Waals surface area contributed by atoms with Crippen LogP contribution in [0.25, 0.3) is 0 Å². The van der Waals surface area contributed by atoms with Gasteiger partial charge in [-0.05, 0) is 37.5 Å². The highest BCUT2D eigenvalue weighted by molar-refractivity contribution is 7.47. The van der Waals surface area contributed by atoms with Crippen LogP contribution in [0.2, 0.25) is 0 Å². The molecule has 0 aliphatic rings. The zero-order valence-electron chi connectivity index (χ0n) is 70.5. The molecule has 0 spiro atoms. The molecule has 636 valence electrons. The van der Waals surface area contributed by atoms with Crippen LogP contribution in [0.15, 0.2) is 0 Å². The third kappa shape index (κ3) is 80.5. The largest absolute Gasteiger partial charge is 0.472 e. The van der Waals surface area contributed by atoms with Crippen LogP contribution in [-0.2, 0) is 65.4 Å². The Morgan fingerprint density at radius 2 is 0.477 bits per heavy atom. The van der Waals surface area contributed by atoms with Crippen molar-refractivity contribution in [1.29, 1.82) is 0 Å². The van der Waals surface area contributed by atoms with Crippen molar-refractivity contribution in [1.82, 2.24) is 0 Å². The highest BCUT2D eigenvalue weighted by Crippen LogP contribution is 2.45. The number of hydrogen-bond acceptors (Lipinski definition) is 15. The van der Waals surface area contributed by atoms with Gasteiger partial charge in [0.2, 0.25) is 0 Å². The minimum atomic E-state index is -4.97. The molecule has 0 rings (SSSR count). The fourth-order valence-electron chi connectivity index (χ4n) is 13.7. The van der Waals surface area contributed by atoms with Gasteiger partial charge in [-0.2, -0.15) is 0 Å². The third-order valence-corrected chi connectivity index (χ3v) is 23.0. The standard InChI is InChI=1S/C88H172O17P2/c1-7-10-12-14-16-18-20-22-24-26-31-35-39-43-47-51-58-64-70-85(90)98-76-83(104-87(92)72-66-61-53-49-45-41-37-33-29-28-30-34-38-42-46-50-56-62-68-80(4)5)78-102-106(94,95)100-74-82(89)75-101-107(96,97)103-79-84(77-99-86(91)71-65-59-55-54-57-63-69-81(6)9-3)105-88(93)73-67-60-52-48-44-40-36-32-27-25-23-21-19-17-15-13-11-8-2/h80-84,89H,7-79H2,1-6H3,(H,94,95)(H,96,97)/t81?,82-,83-,84-/m1/s1. The van der Waals surface area contributed by atoms with E-state index < -0.39 is 97.5 Å². The summed E-state index contributed by atoms with van der Waals surface area (Å²) in [5.74, 6) is -0.549. The average Bonchev–Trinajstić information content (AvgIpc) is 0.923. The molecule has 3 unspecified atom stereocenters. The molecule has 0 bridgehead atoms. The minimum absolute atomic E-state index is 0.108. The summed E-state index contributed by atoms with van der Waals surface area (Å²) in [5.41, 5.74) is 0. The summed E-state index contributed by atoms with van der Waals surface area (Å²) in [5, 5.41) is 10.7. The Bertz CT molecular complexity index is 2050. The summed E-state index contributed by atoms with van der Waals surface area (Å²) in [4.78, 5) is 73.3. The van der Waals surface area contributed by atoms with Crippen LogP contribution >= 0.6 is 15.6 Å². The fourth-order valence-corrected chi connectivity index (χ4v) is 15.3. The Hall–Kier alpha value is -1.94. The molecule has 0 aromatic heterocycles. The predicted octanol–water partition coefficient (Wildman–Crippen LogP) is 27.0. The van der Waals surface area contributed by atoms with Crippen molar-refractivity contribution in [2.24, 2.45) is 11.8 Å². The number of carbonyl (C=O) groups is 4. The first kappa shape index (κ1) is 105. The Kier molecular flexibility index (Phi) is 77.9. The number of phosphoric acid groups is 2. The number of unbranched alkanes of at least 4 members (excludes halogenated alkanes) is 56. The second-order valence-electron chi connectivity index (χ2n) is 32.4. The number of rotatable bonds is 87. The van der Waals surface area contributed by atoms with E-state index in [0.717, 1.165) is 108 Å². The smallest absolute Gasteiger partial charge is 0.462 e. The molecule has 107 heavy (non-hydrogen) atoms. The van der Waals surface area contributed by atoms with Crippen LogP contribution in [-0.4, -0.2) is 96.7 Å². The summed E-state index contributed by atoms with van der Waals surface area (Å²) in [6.45, 7) is 9.68. The maximum Gasteiger partial charge on any atom is 0.472 e. The van der Waals surface area contributed by atoms with Gasteiger partial charge in [-0.3, -0.25) is 37.3 Å². The number of esters is 4. The van der Waals surface area contributed by atoms with Gasteiger partial charge in [0, 0.05) is 25.7 Å². The van der Waals surface area contributed by atoms with Crippen LogP contribution in [0.4, 0.5) is 0 Å². The highest BCUT2D eigenvalue weighted by atomic mass is 31.2. The van der Waals surface area contributed by atoms with E-state index in [0.29, 0.717) is 25.7 Å². The number of hydrogen-bond donors (Lipinski definition) is 3. The fraction of sp³-hybridized carbons (Fsp3) is 0.955. The van der Waals surface area contributed by atoms with Gasteiger partial charge >= 0.3 is 39.5 Å². The summed E-state index contributed by atoms with van der Waals surface area (Å²) in [7, 11) is -9.93. The van der Waals surface area contributed by atoms with Gasteiger partial charge in [0.15, 0.2) is 12.2 Å². The maximum atomic E-state index is 13.2. The van der Waals surface area contributed by atoms with Gasteiger partial charge in [-0.1, -0.05) is 420 Å². The van der Waals surface area contributed by atoms with Gasteiger partial charge in [-0.25, -0.2) is 9.13 Å². The SMILES string of the molecule is CCCCCCCCCCCCCCCCCCCCC(=O)OC[C@H](COP(=O)(O)OC[C@@H](O)COP(=O)(O)OC[C@@H](COC(=O)CCCCCCCCC(C)CC)OC(=O)CCCCCCCCCCCCCCCCCCCC)OC(=O)CCCCCCCCCCCCCCCCCCCCC(C)C. The molecule has 3 N–H and O–H groups in total. The molecule has 0 aliphatic heterocycles. The van der Waals surface area contributed by atoms with Gasteiger partial charge in [-0.15, -0.1) is 0 Å². The van der Waals surface area contributed by atoms with Crippen molar-refractivity contribution in [3.63, 3.8) is 0 Å². The van der Waals surface area contributed by atoms with Crippen LogP contribution in [0.1, 0.15) is 472 Å². The molecule has 0 aliphatic carbocycles. The quantitative estimate of drug-likeness (QED) is 0.0222. The van der Waals surface area contributed by atoms with Crippen LogP contribution < -0.4 is 0 Å². The Labute approximate surface area is 658 Å². The molecule has 0 fully saturated rings. The lowest BCUT2D eigenvalue weighted by molar-refractivity contribution is -0.161. The van der Waals surface area contributed by atoms with E-state index in [1.807, 2.05) is 0 Å². The summed E-state index contributed by atoms with van der Waals surface area (Å²) >= 11 is 0. The van der Waals surface area contributed by atoms with Crippen molar-refractivity contribution >= 4 is 39.5 Å². The van der Waals surface area contributed by atoms with Gasteiger partial charge in [0.1, 0.15) is 19.3 Å². The second kappa shape index (κ2) is 79.3. The zero-order chi connectivity index (χ0) is 78.5. The van der Waals surface area contributed by atoms with Crippen molar-refractivity contribution < 1.29 is 80.2 Å². The molecule has 17 nitrogen and oxygen atoms in total. The predicted molar refractivity (Wildman–Crippen MR) is 442 cm³/mol. The lowest BCUT2D eigenvalue weighted by Crippen LogP contribution is -2.30. The Balaban J connectivity index is 5.22. The first-order valence-corrected chi connectivity index (χ1v) is 48.5. The molecule has 0 amide bonds. The molecule has 0 aromatic rings.